The van der Waals surface area contributed by atoms with Gasteiger partial charge < -0.3 is 25.8 Å². The van der Waals surface area contributed by atoms with Crippen LogP contribution >= 0.6 is 0 Å². The molecule has 5 aromatic rings. The Hall–Kier alpha value is -4.70. The normalized spacial score (nSPS) is 15.3. The number of nitrogens with zero attached hydrogens (tertiary/aromatic N) is 5. The molecule has 0 unspecified atom stereocenters. The van der Waals surface area contributed by atoms with Crippen LogP contribution in [0.25, 0.3) is 33.8 Å². The minimum atomic E-state index is 0.369. The molecule has 0 bridgehead atoms. The number of nitrogens with one attached hydrogen (secondary N) is 3. The third-order valence-electron chi connectivity index (χ3n) is 7.48. The Morgan fingerprint density at radius 2 is 1.73 bits per heavy atom. The van der Waals surface area contributed by atoms with Crippen molar-refractivity contribution in [3.8, 4) is 33.8 Å². The van der Waals surface area contributed by atoms with E-state index >= 15 is 0 Å². The molecule has 0 radical (unpaired) electrons. The number of benzene rings is 2. The minimum absolute atomic E-state index is 0.369. The summed E-state index contributed by atoms with van der Waals surface area (Å²) in [6.07, 6.45) is 2.37. The van der Waals surface area contributed by atoms with Crippen LogP contribution in [-0.4, -0.2) is 51.5 Å². The van der Waals surface area contributed by atoms with Crippen LogP contribution in [0.15, 0.2) is 71.3 Å². The number of aromatic amines is 1. The van der Waals surface area contributed by atoms with E-state index in [9.17, 15) is 0 Å². The molecule has 10 heteroatoms. The minimum Gasteiger partial charge on any atom is -0.383 e. The van der Waals surface area contributed by atoms with Gasteiger partial charge in [0, 0.05) is 60.7 Å². The third kappa shape index (κ3) is 5.01. The number of H-pyrrole nitrogens is 1. The van der Waals surface area contributed by atoms with Crippen LogP contribution in [0.1, 0.15) is 30.2 Å². The fourth-order valence-corrected chi connectivity index (χ4v) is 5.15. The molecule has 1 aliphatic heterocycles. The van der Waals surface area contributed by atoms with Crippen molar-refractivity contribution in [2.75, 3.05) is 42.1 Å². The first-order chi connectivity index (χ1) is 19.7. The Morgan fingerprint density at radius 3 is 2.50 bits per heavy atom. The van der Waals surface area contributed by atoms with Gasteiger partial charge in [0.2, 0.25) is 5.95 Å². The first-order valence-corrected chi connectivity index (χ1v) is 13.8. The summed E-state index contributed by atoms with van der Waals surface area (Å²) >= 11 is 0. The number of rotatable bonds is 8. The summed E-state index contributed by atoms with van der Waals surface area (Å²) in [5.74, 6) is 2.01. The van der Waals surface area contributed by atoms with Gasteiger partial charge in [-0.1, -0.05) is 47.6 Å². The number of piperazine rings is 1. The molecule has 0 amide bonds. The van der Waals surface area contributed by atoms with E-state index in [2.05, 4.69) is 66.2 Å². The maximum Gasteiger partial charge on any atom is 0.225 e. The fourth-order valence-electron chi connectivity index (χ4n) is 5.15. The summed E-state index contributed by atoms with van der Waals surface area (Å²) in [4.78, 5) is 11.9. The lowest BCUT2D eigenvalue weighted by Gasteiger charge is -2.29. The summed E-state index contributed by atoms with van der Waals surface area (Å²) in [6.45, 7) is 4.33. The molecular weight excluding hydrogens is 502 g/mol. The quantitative estimate of drug-likeness (QED) is 0.224. The number of hydrogen-bond donors (Lipinski definition) is 4. The van der Waals surface area contributed by atoms with Crippen LogP contribution in [0, 0.1) is 0 Å². The molecule has 2 aliphatic rings. The summed E-state index contributed by atoms with van der Waals surface area (Å²) in [7, 11) is 0. The largest absolute Gasteiger partial charge is 0.383 e. The van der Waals surface area contributed by atoms with E-state index in [1.165, 1.54) is 18.5 Å². The Balaban J connectivity index is 1.19. The first kappa shape index (κ1) is 24.3. The van der Waals surface area contributed by atoms with Gasteiger partial charge >= 0.3 is 0 Å². The van der Waals surface area contributed by atoms with E-state index in [-0.39, 0.29) is 0 Å². The molecule has 2 aromatic carbocycles. The highest BCUT2D eigenvalue weighted by Gasteiger charge is 2.27. The van der Waals surface area contributed by atoms with Crippen molar-refractivity contribution in [2.45, 2.75) is 25.3 Å². The summed E-state index contributed by atoms with van der Waals surface area (Å²) < 4.78 is 5.56. The second kappa shape index (κ2) is 10.5. The van der Waals surface area contributed by atoms with Crippen molar-refractivity contribution in [1.82, 2.24) is 30.6 Å². The lowest BCUT2D eigenvalue weighted by atomic mass is 10.0. The molecule has 10 nitrogen and oxygen atoms in total. The number of anilines is 3. The van der Waals surface area contributed by atoms with Crippen molar-refractivity contribution in [3.05, 3.63) is 78.2 Å². The van der Waals surface area contributed by atoms with Crippen LogP contribution in [0.3, 0.4) is 0 Å². The second-order valence-electron chi connectivity index (χ2n) is 10.3. The van der Waals surface area contributed by atoms with E-state index in [0.29, 0.717) is 30.0 Å². The van der Waals surface area contributed by atoms with Crippen molar-refractivity contribution in [1.29, 1.82) is 0 Å². The smallest absolute Gasteiger partial charge is 0.225 e. The molecule has 3 aromatic heterocycles. The standard InChI is InChI=1S/C30H31N9O/c31-29-27(26-17-24(36-37-26)20-6-7-20)28(21-8-10-22(11-9-21)39-14-12-32-13-15-39)34-30(35-29)33-18-23-16-25(38-40-23)19-4-2-1-3-5-19/h1-5,8-11,16-17,20,32H,6-7,12-15,18H2,(H,36,37)(H3,31,33,34,35). The topological polar surface area (TPSA) is 134 Å². The fraction of sp³-hybridized carbons (Fsp3) is 0.267. The molecule has 4 heterocycles. The number of nitrogen functional groups attached to an aromatic ring is 1. The molecule has 7 rings (SSSR count). The van der Waals surface area contributed by atoms with Gasteiger partial charge in [-0.05, 0) is 31.0 Å². The second-order valence-corrected chi connectivity index (χ2v) is 10.3. The zero-order chi connectivity index (χ0) is 26.9. The summed E-state index contributed by atoms with van der Waals surface area (Å²) in [5, 5.41) is 18.7. The van der Waals surface area contributed by atoms with Crippen molar-refractivity contribution >= 4 is 17.5 Å². The number of nitrogens with two attached hydrogens (primary N) is 1. The van der Waals surface area contributed by atoms with Crippen molar-refractivity contribution in [2.24, 2.45) is 0 Å². The first-order valence-electron chi connectivity index (χ1n) is 13.8. The number of aromatic nitrogens is 5. The SMILES string of the molecule is Nc1nc(NCc2cc(-c3ccccc3)no2)nc(-c2ccc(N3CCNCC3)cc2)c1-c1cc(C2CC2)[nH]n1. The van der Waals surface area contributed by atoms with Gasteiger partial charge in [0.25, 0.3) is 0 Å². The van der Waals surface area contributed by atoms with Gasteiger partial charge in [0.1, 0.15) is 11.5 Å². The maximum absolute atomic E-state index is 6.59. The molecule has 5 N–H and O–H groups in total. The van der Waals surface area contributed by atoms with Crippen molar-refractivity contribution in [3.63, 3.8) is 0 Å². The van der Waals surface area contributed by atoms with Crippen LogP contribution in [0.2, 0.25) is 0 Å². The summed E-state index contributed by atoms with van der Waals surface area (Å²) in [5.41, 5.74) is 13.9. The monoisotopic (exact) mass is 533 g/mol. The zero-order valence-corrected chi connectivity index (χ0v) is 22.1. The molecule has 1 saturated heterocycles. The average Bonchev–Trinajstić information content (AvgIpc) is 3.54. The molecule has 1 aliphatic carbocycles. The number of hydrogen-bond acceptors (Lipinski definition) is 9. The Labute approximate surface area is 232 Å². The van der Waals surface area contributed by atoms with Crippen LogP contribution < -0.4 is 21.3 Å². The van der Waals surface area contributed by atoms with Crippen LogP contribution in [-0.2, 0) is 6.54 Å². The molecule has 0 spiro atoms. The Kier molecular flexibility index (Phi) is 6.37. The molecule has 0 atom stereocenters. The van der Waals surface area contributed by atoms with Crippen molar-refractivity contribution < 1.29 is 4.52 Å². The molecule has 1 saturated carbocycles. The van der Waals surface area contributed by atoms with Gasteiger partial charge in [-0.15, -0.1) is 0 Å². The predicted molar refractivity (Wildman–Crippen MR) is 156 cm³/mol. The molecule has 202 valence electrons. The van der Waals surface area contributed by atoms with Gasteiger partial charge in [0.15, 0.2) is 5.76 Å². The van der Waals surface area contributed by atoms with Gasteiger partial charge in [-0.25, -0.2) is 4.98 Å². The average molecular weight is 534 g/mol. The predicted octanol–water partition coefficient (Wildman–Crippen LogP) is 4.67. The van der Waals surface area contributed by atoms with E-state index in [1.807, 2.05) is 36.4 Å². The van der Waals surface area contributed by atoms with E-state index in [1.54, 1.807) is 0 Å². The lowest BCUT2D eigenvalue weighted by Crippen LogP contribution is -2.43. The molecular formula is C30H31N9O. The van der Waals surface area contributed by atoms with E-state index < -0.39 is 0 Å². The van der Waals surface area contributed by atoms with Crippen LogP contribution in [0.4, 0.5) is 17.5 Å². The highest BCUT2D eigenvalue weighted by atomic mass is 16.5. The van der Waals surface area contributed by atoms with Crippen LogP contribution in [0.5, 0.6) is 0 Å². The van der Waals surface area contributed by atoms with Gasteiger partial charge in [-0.3, -0.25) is 5.10 Å². The van der Waals surface area contributed by atoms with Gasteiger partial charge in [0.05, 0.1) is 23.5 Å². The van der Waals surface area contributed by atoms with E-state index in [0.717, 1.165) is 65.6 Å². The van der Waals surface area contributed by atoms with E-state index in [4.69, 9.17) is 15.2 Å². The molecule has 40 heavy (non-hydrogen) atoms. The Morgan fingerprint density at radius 1 is 0.925 bits per heavy atom. The third-order valence-corrected chi connectivity index (χ3v) is 7.48. The maximum atomic E-state index is 6.59. The lowest BCUT2D eigenvalue weighted by molar-refractivity contribution is 0.390. The highest BCUT2D eigenvalue weighted by Crippen LogP contribution is 2.42. The zero-order valence-electron chi connectivity index (χ0n) is 22.1. The highest BCUT2D eigenvalue weighted by molar-refractivity contribution is 5.87. The molecule has 2 fully saturated rings. The summed E-state index contributed by atoms with van der Waals surface area (Å²) in [6, 6.07) is 22.4. The van der Waals surface area contributed by atoms with Gasteiger partial charge in [-0.2, -0.15) is 10.1 Å². The Bertz CT molecular complexity index is 1600.